The molecular formula is C7H13NS2. The molecule has 0 unspecified atom stereocenters. The zero-order valence-electron chi connectivity index (χ0n) is 5.95. The topological polar surface area (TPSA) is 26.0 Å². The van der Waals surface area contributed by atoms with E-state index in [2.05, 4.69) is 23.5 Å². The van der Waals surface area contributed by atoms with Crippen molar-refractivity contribution in [2.45, 2.75) is 29.4 Å². The molecule has 0 aromatic carbocycles. The van der Waals surface area contributed by atoms with Gasteiger partial charge in [0.15, 0.2) is 0 Å². The lowest BCUT2D eigenvalue weighted by Gasteiger charge is -2.26. The number of hydrogen-bond acceptors (Lipinski definition) is 3. The van der Waals surface area contributed by atoms with Gasteiger partial charge in [-0.1, -0.05) is 0 Å². The smallest absolute Gasteiger partial charge is 0.0318 e. The van der Waals surface area contributed by atoms with Gasteiger partial charge in [-0.2, -0.15) is 23.5 Å². The summed E-state index contributed by atoms with van der Waals surface area (Å²) in [5, 5.41) is 1.69. The van der Waals surface area contributed by atoms with Gasteiger partial charge in [0.2, 0.25) is 0 Å². The highest BCUT2D eigenvalue weighted by Crippen LogP contribution is 2.40. The van der Waals surface area contributed by atoms with Crippen LogP contribution in [0.25, 0.3) is 0 Å². The summed E-state index contributed by atoms with van der Waals surface area (Å²) in [5.41, 5.74) is 5.96. The van der Waals surface area contributed by atoms with Gasteiger partial charge in [0.1, 0.15) is 0 Å². The molecule has 2 aliphatic rings. The van der Waals surface area contributed by atoms with Crippen LogP contribution in [0.4, 0.5) is 0 Å². The average Bonchev–Trinajstić information content (AvgIpc) is 2.34. The van der Waals surface area contributed by atoms with Crippen molar-refractivity contribution < 1.29 is 0 Å². The van der Waals surface area contributed by atoms with E-state index in [1.165, 1.54) is 24.3 Å². The Morgan fingerprint density at radius 2 is 1.90 bits per heavy atom. The van der Waals surface area contributed by atoms with Crippen LogP contribution >= 0.6 is 23.5 Å². The molecule has 3 heteroatoms. The standard InChI is InChI=1S/C7H13NS2/c8-5-1-2-6-7(5)10-4-3-9-6/h5-7H,1-4,8H2/t5-,6-,7-/m1/s1. The van der Waals surface area contributed by atoms with Crippen molar-refractivity contribution >= 4 is 23.5 Å². The first-order chi connectivity index (χ1) is 4.88. The molecule has 1 nitrogen and oxygen atoms in total. The third-order valence-corrected chi connectivity index (χ3v) is 5.63. The van der Waals surface area contributed by atoms with Crippen LogP contribution in [0, 0.1) is 0 Å². The zero-order chi connectivity index (χ0) is 6.97. The molecule has 1 aliphatic carbocycles. The molecule has 2 fully saturated rings. The largest absolute Gasteiger partial charge is 0.327 e. The minimum absolute atomic E-state index is 0.503. The predicted molar refractivity (Wildman–Crippen MR) is 49.7 cm³/mol. The molecule has 0 radical (unpaired) electrons. The van der Waals surface area contributed by atoms with Crippen molar-refractivity contribution in [3.05, 3.63) is 0 Å². The van der Waals surface area contributed by atoms with E-state index < -0.39 is 0 Å². The van der Waals surface area contributed by atoms with E-state index in [0.717, 1.165) is 10.5 Å². The molecule has 0 amide bonds. The number of rotatable bonds is 0. The van der Waals surface area contributed by atoms with E-state index in [-0.39, 0.29) is 0 Å². The summed E-state index contributed by atoms with van der Waals surface area (Å²) < 4.78 is 0. The highest BCUT2D eigenvalue weighted by atomic mass is 32.2. The van der Waals surface area contributed by atoms with Crippen LogP contribution in [0.3, 0.4) is 0 Å². The number of hydrogen-bond donors (Lipinski definition) is 1. The summed E-state index contributed by atoms with van der Waals surface area (Å²) in [6, 6.07) is 0.503. The molecule has 1 saturated carbocycles. The van der Waals surface area contributed by atoms with Crippen molar-refractivity contribution in [2.24, 2.45) is 5.73 Å². The van der Waals surface area contributed by atoms with Crippen molar-refractivity contribution in [1.29, 1.82) is 0 Å². The highest BCUT2D eigenvalue weighted by Gasteiger charge is 2.36. The monoisotopic (exact) mass is 175 g/mol. The van der Waals surface area contributed by atoms with Crippen LogP contribution in [0.15, 0.2) is 0 Å². The third kappa shape index (κ3) is 1.19. The minimum atomic E-state index is 0.503. The lowest BCUT2D eigenvalue weighted by Crippen LogP contribution is -2.34. The van der Waals surface area contributed by atoms with Gasteiger partial charge in [0, 0.05) is 28.0 Å². The summed E-state index contributed by atoms with van der Waals surface area (Å²) in [6.07, 6.45) is 2.62. The van der Waals surface area contributed by atoms with E-state index >= 15 is 0 Å². The van der Waals surface area contributed by atoms with Gasteiger partial charge >= 0.3 is 0 Å². The predicted octanol–water partition coefficient (Wildman–Crippen LogP) is 1.32. The van der Waals surface area contributed by atoms with Gasteiger partial charge in [0.25, 0.3) is 0 Å². The molecule has 58 valence electrons. The van der Waals surface area contributed by atoms with Gasteiger partial charge in [-0.25, -0.2) is 0 Å². The Hall–Kier alpha value is 0.660. The minimum Gasteiger partial charge on any atom is -0.327 e. The normalized spacial score (nSPS) is 47.1. The summed E-state index contributed by atoms with van der Waals surface area (Å²) in [4.78, 5) is 0. The first-order valence-electron chi connectivity index (χ1n) is 3.87. The van der Waals surface area contributed by atoms with Crippen LogP contribution in [0.2, 0.25) is 0 Å². The van der Waals surface area contributed by atoms with Gasteiger partial charge in [-0.15, -0.1) is 0 Å². The molecule has 0 bridgehead atoms. The lowest BCUT2D eigenvalue weighted by molar-refractivity contribution is 0.716. The third-order valence-electron chi connectivity index (χ3n) is 2.30. The van der Waals surface area contributed by atoms with Crippen LogP contribution in [0.5, 0.6) is 0 Å². The van der Waals surface area contributed by atoms with Gasteiger partial charge in [-0.05, 0) is 12.8 Å². The van der Waals surface area contributed by atoms with E-state index in [1.807, 2.05) is 0 Å². The molecule has 1 heterocycles. The summed E-state index contributed by atoms with van der Waals surface area (Å²) in [6.45, 7) is 0. The fourth-order valence-corrected chi connectivity index (χ4v) is 5.00. The van der Waals surface area contributed by atoms with Gasteiger partial charge in [0.05, 0.1) is 0 Å². The summed E-state index contributed by atoms with van der Waals surface area (Å²) in [5.74, 6) is 2.66. The maximum Gasteiger partial charge on any atom is 0.0318 e. The quantitative estimate of drug-likeness (QED) is 0.601. The van der Waals surface area contributed by atoms with E-state index in [9.17, 15) is 0 Å². The second-order valence-corrected chi connectivity index (χ2v) is 5.62. The second-order valence-electron chi connectivity index (χ2n) is 2.99. The Morgan fingerprint density at radius 1 is 1.10 bits per heavy atom. The molecule has 10 heavy (non-hydrogen) atoms. The first kappa shape index (κ1) is 7.32. The Morgan fingerprint density at radius 3 is 2.70 bits per heavy atom. The molecule has 1 aliphatic heterocycles. The van der Waals surface area contributed by atoms with Crippen LogP contribution < -0.4 is 5.73 Å². The summed E-state index contributed by atoms with van der Waals surface area (Å²) in [7, 11) is 0. The van der Waals surface area contributed by atoms with Crippen molar-refractivity contribution in [3.63, 3.8) is 0 Å². The van der Waals surface area contributed by atoms with Crippen LogP contribution in [-0.4, -0.2) is 28.0 Å². The maximum absolute atomic E-state index is 5.96. The number of thioether (sulfide) groups is 2. The average molecular weight is 175 g/mol. The Balaban J connectivity index is 2.01. The Kier molecular flexibility index (Phi) is 2.16. The highest BCUT2D eigenvalue weighted by molar-refractivity contribution is 8.07. The second kappa shape index (κ2) is 2.95. The molecule has 2 rings (SSSR count). The lowest BCUT2D eigenvalue weighted by atomic mass is 10.3. The molecule has 0 aromatic rings. The van der Waals surface area contributed by atoms with E-state index in [0.29, 0.717) is 6.04 Å². The van der Waals surface area contributed by atoms with Crippen LogP contribution in [-0.2, 0) is 0 Å². The molecule has 0 spiro atoms. The number of fused-ring (bicyclic) bond motifs is 1. The van der Waals surface area contributed by atoms with Gasteiger partial charge < -0.3 is 5.73 Å². The number of nitrogens with two attached hydrogens (primary N) is 1. The van der Waals surface area contributed by atoms with Crippen LogP contribution in [0.1, 0.15) is 12.8 Å². The van der Waals surface area contributed by atoms with Crippen molar-refractivity contribution in [2.75, 3.05) is 11.5 Å². The van der Waals surface area contributed by atoms with Crippen molar-refractivity contribution in [3.8, 4) is 0 Å². The fourth-order valence-electron chi connectivity index (χ4n) is 1.75. The van der Waals surface area contributed by atoms with E-state index in [4.69, 9.17) is 5.73 Å². The SMILES string of the molecule is N[C@@H]1CC[C@H]2SCCS[C@H]12. The van der Waals surface area contributed by atoms with E-state index in [1.54, 1.807) is 0 Å². The maximum atomic E-state index is 5.96. The van der Waals surface area contributed by atoms with Gasteiger partial charge in [-0.3, -0.25) is 0 Å². The molecule has 2 N–H and O–H groups in total. The molecule has 0 aromatic heterocycles. The fraction of sp³-hybridized carbons (Fsp3) is 1.00. The molecular weight excluding hydrogens is 162 g/mol. The Labute approximate surface area is 70.5 Å². The molecule has 3 atom stereocenters. The zero-order valence-corrected chi connectivity index (χ0v) is 7.59. The van der Waals surface area contributed by atoms with Crippen molar-refractivity contribution in [1.82, 2.24) is 0 Å². The Bertz CT molecular complexity index is 127. The molecule has 1 saturated heterocycles. The summed E-state index contributed by atoms with van der Waals surface area (Å²) >= 11 is 4.23. The first-order valence-corrected chi connectivity index (χ1v) is 5.96.